The fourth-order valence-corrected chi connectivity index (χ4v) is 2.97. The Hall–Kier alpha value is -2.34. The largest absolute Gasteiger partial charge is 0.398 e. The van der Waals surface area contributed by atoms with Crippen molar-refractivity contribution in [1.82, 2.24) is 10.2 Å². The highest BCUT2D eigenvalue weighted by Gasteiger charge is 2.17. The molecular formula is C15H13BrN4O. The highest BCUT2D eigenvalue weighted by atomic mass is 79.9. The number of nitrogens with one attached hydrogen (secondary N) is 1. The number of benzene rings is 2. The highest BCUT2D eigenvalue weighted by molar-refractivity contribution is 9.10. The number of aryl methyl sites for hydroxylation is 1. The van der Waals surface area contributed by atoms with Gasteiger partial charge >= 0.3 is 0 Å². The molecule has 5 N–H and O–H groups in total. The first-order valence-corrected chi connectivity index (χ1v) is 7.10. The van der Waals surface area contributed by atoms with Crippen LogP contribution in [0.2, 0.25) is 0 Å². The quantitative estimate of drug-likeness (QED) is 0.623. The lowest BCUT2D eigenvalue weighted by Gasteiger charge is -2.13. The molecule has 21 heavy (non-hydrogen) atoms. The second-order valence-electron chi connectivity index (χ2n) is 4.87. The van der Waals surface area contributed by atoms with Crippen LogP contribution in [-0.4, -0.2) is 16.1 Å². The molecule has 1 aromatic heterocycles. The molecule has 0 unspecified atom stereocenters. The molecule has 1 amide bonds. The molecule has 0 aliphatic carbocycles. The lowest BCUT2D eigenvalue weighted by molar-refractivity contribution is 0.100. The van der Waals surface area contributed by atoms with Gasteiger partial charge in [0.05, 0.1) is 23.0 Å². The van der Waals surface area contributed by atoms with Crippen LogP contribution in [0.3, 0.4) is 0 Å². The van der Waals surface area contributed by atoms with Crippen LogP contribution in [0.5, 0.6) is 0 Å². The molecule has 0 bridgehead atoms. The SMILES string of the molecule is Cc1ccc2[nH]ncc2c1-c1cc(Br)cc(C(N)=O)c1N. The van der Waals surface area contributed by atoms with Crippen LogP contribution in [0.1, 0.15) is 15.9 Å². The summed E-state index contributed by atoms with van der Waals surface area (Å²) in [5.41, 5.74) is 15.9. The Bertz CT molecular complexity index is 869. The first kappa shape index (κ1) is 13.6. The Morgan fingerprint density at radius 1 is 1.33 bits per heavy atom. The molecule has 2 aromatic carbocycles. The summed E-state index contributed by atoms with van der Waals surface area (Å²) in [7, 11) is 0. The maximum absolute atomic E-state index is 11.6. The van der Waals surface area contributed by atoms with E-state index in [-0.39, 0.29) is 0 Å². The number of aromatic nitrogens is 2. The van der Waals surface area contributed by atoms with Gasteiger partial charge in [0, 0.05) is 15.4 Å². The van der Waals surface area contributed by atoms with Gasteiger partial charge in [0.1, 0.15) is 0 Å². The van der Waals surface area contributed by atoms with E-state index in [0.717, 1.165) is 32.1 Å². The Morgan fingerprint density at radius 3 is 2.81 bits per heavy atom. The smallest absolute Gasteiger partial charge is 0.250 e. The summed E-state index contributed by atoms with van der Waals surface area (Å²) in [6.07, 6.45) is 1.75. The third-order valence-electron chi connectivity index (χ3n) is 3.51. The first-order chi connectivity index (χ1) is 9.99. The number of carbonyl (C=O) groups excluding carboxylic acids is 1. The molecule has 0 fully saturated rings. The van der Waals surface area contributed by atoms with Crippen LogP contribution >= 0.6 is 15.9 Å². The molecular weight excluding hydrogens is 332 g/mol. The molecule has 3 aromatic rings. The van der Waals surface area contributed by atoms with Crippen molar-refractivity contribution in [3.63, 3.8) is 0 Å². The van der Waals surface area contributed by atoms with E-state index in [0.29, 0.717) is 11.3 Å². The number of aromatic amines is 1. The van der Waals surface area contributed by atoms with Crippen molar-refractivity contribution in [2.75, 3.05) is 5.73 Å². The predicted octanol–water partition coefficient (Wildman–Crippen LogP) is 2.98. The maximum Gasteiger partial charge on any atom is 0.250 e. The van der Waals surface area contributed by atoms with E-state index >= 15 is 0 Å². The Labute approximate surface area is 129 Å². The average molecular weight is 345 g/mol. The van der Waals surface area contributed by atoms with Crippen molar-refractivity contribution in [3.05, 3.63) is 46.1 Å². The minimum Gasteiger partial charge on any atom is -0.398 e. The summed E-state index contributed by atoms with van der Waals surface area (Å²) < 4.78 is 0.750. The fourth-order valence-electron chi connectivity index (χ4n) is 2.51. The minimum atomic E-state index is -0.549. The van der Waals surface area contributed by atoms with E-state index in [1.165, 1.54) is 0 Å². The van der Waals surface area contributed by atoms with Crippen LogP contribution in [0, 0.1) is 6.92 Å². The summed E-state index contributed by atoms with van der Waals surface area (Å²) >= 11 is 3.41. The normalized spacial score (nSPS) is 11.0. The monoisotopic (exact) mass is 344 g/mol. The Kier molecular flexibility index (Phi) is 3.17. The molecule has 6 heteroatoms. The molecule has 0 saturated heterocycles. The maximum atomic E-state index is 11.6. The zero-order valence-corrected chi connectivity index (χ0v) is 12.9. The molecule has 3 rings (SSSR count). The number of H-pyrrole nitrogens is 1. The number of rotatable bonds is 2. The number of hydrogen-bond donors (Lipinski definition) is 3. The van der Waals surface area contributed by atoms with Crippen molar-refractivity contribution >= 4 is 38.4 Å². The average Bonchev–Trinajstić information content (AvgIpc) is 2.89. The van der Waals surface area contributed by atoms with Crippen molar-refractivity contribution in [2.45, 2.75) is 6.92 Å². The second kappa shape index (κ2) is 4.89. The number of amides is 1. The van der Waals surface area contributed by atoms with E-state index in [9.17, 15) is 4.79 Å². The standard InChI is InChI=1S/C15H13BrN4O/c1-7-2-3-12-11(6-19-20-12)13(7)9-4-8(16)5-10(14(9)17)15(18)21/h2-6H,17H2,1H3,(H2,18,21)(H,19,20). The number of anilines is 1. The summed E-state index contributed by atoms with van der Waals surface area (Å²) in [4.78, 5) is 11.6. The van der Waals surface area contributed by atoms with Crippen molar-refractivity contribution in [3.8, 4) is 11.1 Å². The third-order valence-corrected chi connectivity index (χ3v) is 3.97. The summed E-state index contributed by atoms with van der Waals surface area (Å²) in [5, 5.41) is 7.96. The molecule has 0 aliphatic heterocycles. The van der Waals surface area contributed by atoms with E-state index in [2.05, 4.69) is 26.1 Å². The van der Waals surface area contributed by atoms with Gasteiger partial charge in [-0.05, 0) is 36.2 Å². The predicted molar refractivity (Wildman–Crippen MR) is 86.9 cm³/mol. The fraction of sp³-hybridized carbons (Fsp3) is 0.0667. The Morgan fingerprint density at radius 2 is 2.10 bits per heavy atom. The molecule has 0 aliphatic rings. The Balaban J connectivity index is 2.40. The van der Waals surface area contributed by atoms with Crippen LogP contribution < -0.4 is 11.5 Å². The molecule has 5 nitrogen and oxygen atoms in total. The zero-order valence-electron chi connectivity index (χ0n) is 11.3. The van der Waals surface area contributed by atoms with Gasteiger partial charge in [-0.15, -0.1) is 0 Å². The van der Waals surface area contributed by atoms with E-state index in [1.807, 2.05) is 25.1 Å². The van der Waals surface area contributed by atoms with Gasteiger partial charge in [0.25, 0.3) is 5.91 Å². The van der Waals surface area contributed by atoms with Crippen LogP contribution in [0.25, 0.3) is 22.0 Å². The third kappa shape index (κ3) is 2.17. The van der Waals surface area contributed by atoms with Crippen molar-refractivity contribution in [1.29, 1.82) is 0 Å². The van der Waals surface area contributed by atoms with Gasteiger partial charge in [-0.2, -0.15) is 5.10 Å². The van der Waals surface area contributed by atoms with Gasteiger partial charge in [-0.1, -0.05) is 22.0 Å². The summed E-state index contributed by atoms with van der Waals surface area (Å²) in [6.45, 7) is 1.99. The number of nitrogen functional groups attached to an aromatic ring is 1. The topological polar surface area (TPSA) is 97.8 Å². The van der Waals surface area contributed by atoms with Gasteiger partial charge in [-0.25, -0.2) is 0 Å². The molecule has 0 radical (unpaired) electrons. The summed E-state index contributed by atoms with van der Waals surface area (Å²) in [6, 6.07) is 7.47. The van der Waals surface area contributed by atoms with Crippen LogP contribution in [0.4, 0.5) is 5.69 Å². The van der Waals surface area contributed by atoms with Gasteiger partial charge in [-0.3, -0.25) is 9.89 Å². The second-order valence-corrected chi connectivity index (χ2v) is 5.78. The number of nitrogens with zero attached hydrogens (tertiary/aromatic N) is 1. The molecule has 0 atom stereocenters. The van der Waals surface area contributed by atoms with Crippen LogP contribution in [0.15, 0.2) is 34.9 Å². The van der Waals surface area contributed by atoms with Crippen molar-refractivity contribution < 1.29 is 4.79 Å². The lowest BCUT2D eigenvalue weighted by Crippen LogP contribution is -2.14. The molecule has 106 valence electrons. The lowest BCUT2D eigenvalue weighted by atomic mass is 9.94. The molecule has 0 spiro atoms. The number of halogens is 1. The van der Waals surface area contributed by atoms with E-state index < -0.39 is 5.91 Å². The minimum absolute atomic E-state index is 0.305. The van der Waals surface area contributed by atoms with Gasteiger partial charge in [0.2, 0.25) is 0 Å². The van der Waals surface area contributed by atoms with Crippen LogP contribution in [-0.2, 0) is 0 Å². The molecule has 1 heterocycles. The van der Waals surface area contributed by atoms with Gasteiger partial charge < -0.3 is 11.5 Å². The van der Waals surface area contributed by atoms with Crippen molar-refractivity contribution in [2.24, 2.45) is 5.73 Å². The number of primary amides is 1. The van der Waals surface area contributed by atoms with E-state index in [1.54, 1.807) is 12.3 Å². The zero-order chi connectivity index (χ0) is 15.1. The first-order valence-electron chi connectivity index (χ1n) is 6.31. The highest BCUT2D eigenvalue weighted by Crippen LogP contribution is 2.37. The molecule has 0 saturated carbocycles. The number of nitrogens with two attached hydrogens (primary N) is 2. The number of fused-ring (bicyclic) bond motifs is 1. The van der Waals surface area contributed by atoms with E-state index in [4.69, 9.17) is 11.5 Å². The number of hydrogen-bond acceptors (Lipinski definition) is 3. The number of carbonyl (C=O) groups is 1. The summed E-state index contributed by atoms with van der Waals surface area (Å²) in [5.74, 6) is -0.549. The van der Waals surface area contributed by atoms with Gasteiger partial charge in [0.15, 0.2) is 0 Å².